The molecule has 0 bridgehead atoms. The lowest BCUT2D eigenvalue weighted by Gasteiger charge is -1.94. The van der Waals surface area contributed by atoms with Crippen LogP contribution in [0.5, 0.6) is 0 Å². The molecule has 1 heterocycles. The molecule has 0 fully saturated rings. The standard InChI is InChI=1S/C7H9N3/c1-6-2-3-9-4-7(6)10-5-8/h2-5H,1H3,(H2,8,10). The number of hydrogen-bond donors (Lipinski definition) is 1. The molecule has 0 spiro atoms. The third-order valence-electron chi connectivity index (χ3n) is 1.23. The molecule has 3 heteroatoms. The third kappa shape index (κ3) is 1.31. The van der Waals surface area contributed by atoms with Crippen molar-refractivity contribution in [1.29, 1.82) is 0 Å². The van der Waals surface area contributed by atoms with Crippen LogP contribution < -0.4 is 5.73 Å². The molecule has 0 aliphatic rings. The van der Waals surface area contributed by atoms with E-state index in [-0.39, 0.29) is 0 Å². The molecular formula is C7H9N3. The van der Waals surface area contributed by atoms with Crippen LogP contribution in [-0.2, 0) is 0 Å². The minimum atomic E-state index is 0.824. The number of aliphatic imine (C=N–C) groups is 1. The van der Waals surface area contributed by atoms with Crippen molar-refractivity contribution in [2.45, 2.75) is 6.92 Å². The molecule has 0 atom stereocenters. The zero-order chi connectivity index (χ0) is 7.40. The van der Waals surface area contributed by atoms with Crippen molar-refractivity contribution in [3.8, 4) is 0 Å². The van der Waals surface area contributed by atoms with Gasteiger partial charge in [-0.2, -0.15) is 0 Å². The second-order valence-corrected chi connectivity index (χ2v) is 1.94. The lowest BCUT2D eigenvalue weighted by molar-refractivity contribution is 1.26. The van der Waals surface area contributed by atoms with Crippen LogP contribution in [-0.4, -0.2) is 11.3 Å². The smallest absolute Gasteiger partial charge is 0.0861 e. The van der Waals surface area contributed by atoms with Gasteiger partial charge in [-0.05, 0) is 18.6 Å². The Labute approximate surface area is 59.6 Å². The molecule has 0 amide bonds. The van der Waals surface area contributed by atoms with Crippen LogP contribution in [0.1, 0.15) is 5.56 Å². The topological polar surface area (TPSA) is 51.3 Å². The molecule has 10 heavy (non-hydrogen) atoms. The van der Waals surface area contributed by atoms with Gasteiger partial charge >= 0.3 is 0 Å². The molecule has 1 aromatic rings. The summed E-state index contributed by atoms with van der Waals surface area (Å²) in [6.07, 6.45) is 4.67. The largest absolute Gasteiger partial charge is 0.390 e. The first-order chi connectivity index (χ1) is 4.84. The molecular weight excluding hydrogens is 126 g/mol. The van der Waals surface area contributed by atoms with Gasteiger partial charge in [-0.25, -0.2) is 4.99 Å². The van der Waals surface area contributed by atoms with Crippen LogP contribution in [0.4, 0.5) is 5.69 Å². The number of nitrogens with two attached hydrogens (primary N) is 1. The summed E-state index contributed by atoms with van der Waals surface area (Å²) in [6, 6.07) is 1.89. The predicted octanol–water partition coefficient (Wildman–Crippen LogP) is 1.01. The Hall–Kier alpha value is -1.38. The van der Waals surface area contributed by atoms with Gasteiger partial charge in [0.25, 0.3) is 0 Å². The van der Waals surface area contributed by atoms with Gasteiger partial charge in [-0.15, -0.1) is 0 Å². The SMILES string of the molecule is Cc1ccncc1N=CN. The molecule has 2 N–H and O–H groups in total. The minimum Gasteiger partial charge on any atom is -0.390 e. The van der Waals surface area contributed by atoms with Gasteiger partial charge in [-0.1, -0.05) is 0 Å². The second kappa shape index (κ2) is 2.96. The highest BCUT2D eigenvalue weighted by Crippen LogP contribution is 2.13. The van der Waals surface area contributed by atoms with Gasteiger partial charge in [-0.3, -0.25) is 4.98 Å². The first-order valence-corrected chi connectivity index (χ1v) is 2.99. The summed E-state index contributed by atoms with van der Waals surface area (Å²) in [4.78, 5) is 7.79. The normalized spacial score (nSPS) is 10.5. The van der Waals surface area contributed by atoms with Crippen molar-refractivity contribution in [3.63, 3.8) is 0 Å². The quantitative estimate of drug-likeness (QED) is 0.461. The average Bonchev–Trinajstić information content (AvgIpc) is 1.94. The summed E-state index contributed by atoms with van der Waals surface area (Å²) in [5.74, 6) is 0. The maximum atomic E-state index is 5.11. The molecule has 0 saturated carbocycles. The van der Waals surface area contributed by atoms with Crippen molar-refractivity contribution >= 4 is 12.0 Å². The van der Waals surface area contributed by atoms with E-state index >= 15 is 0 Å². The summed E-state index contributed by atoms with van der Waals surface area (Å²) < 4.78 is 0. The highest BCUT2D eigenvalue weighted by Gasteiger charge is 1.90. The number of aromatic nitrogens is 1. The summed E-state index contributed by atoms with van der Waals surface area (Å²) in [5, 5.41) is 0. The highest BCUT2D eigenvalue weighted by atomic mass is 14.8. The van der Waals surface area contributed by atoms with E-state index in [0.29, 0.717) is 0 Å². The monoisotopic (exact) mass is 135 g/mol. The Bertz CT molecular complexity index is 242. The summed E-state index contributed by atoms with van der Waals surface area (Å²) >= 11 is 0. The van der Waals surface area contributed by atoms with Gasteiger partial charge in [0.2, 0.25) is 0 Å². The van der Waals surface area contributed by atoms with E-state index in [0.717, 1.165) is 11.3 Å². The Balaban J connectivity index is 3.03. The fourth-order valence-electron chi connectivity index (χ4n) is 0.671. The molecule has 0 aliphatic carbocycles. The van der Waals surface area contributed by atoms with Crippen LogP contribution in [0, 0.1) is 6.92 Å². The van der Waals surface area contributed by atoms with Crippen LogP contribution in [0.25, 0.3) is 0 Å². The van der Waals surface area contributed by atoms with E-state index in [2.05, 4.69) is 9.98 Å². The van der Waals surface area contributed by atoms with E-state index in [4.69, 9.17) is 5.73 Å². The molecule has 0 unspecified atom stereocenters. The Morgan fingerprint density at radius 2 is 2.50 bits per heavy atom. The maximum absolute atomic E-state index is 5.11. The van der Waals surface area contributed by atoms with Crippen molar-refractivity contribution < 1.29 is 0 Å². The van der Waals surface area contributed by atoms with Crippen molar-refractivity contribution in [3.05, 3.63) is 24.0 Å². The zero-order valence-electron chi connectivity index (χ0n) is 5.78. The van der Waals surface area contributed by atoms with Crippen LogP contribution in [0.2, 0.25) is 0 Å². The van der Waals surface area contributed by atoms with Crippen LogP contribution in [0.15, 0.2) is 23.5 Å². The molecule has 0 aromatic carbocycles. The van der Waals surface area contributed by atoms with E-state index in [1.54, 1.807) is 12.4 Å². The zero-order valence-corrected chi connectivity index (χ0v) is 5.78. The first kappa shape index (κ1) is 6.74. The van der Waals surface area contributed by atoms with E-state index in [1.807, 2.05) is 13.0 Å². The van der Waals surface area contributed by atoms with Crippen molar-refractivity contribution in [2.24, 2.45) is 10.7 Å². The van der Waals surface area contributed by atoms with Crippen molar-refractivity contribution in [2.75, 3.05) is 0 Å². The van der Waals surface area contributed by atoms with Crippen molar-refractivity contribution in [1.82, 2.24) is 4.98 Å². The first-order valence-electron chi connectivity index (χ1n) is 2.99. The maximum Gasteiger partial charge on any atom is 0.0861 e. The van der Waals surface area contributed by atoms with E-state index < -0.39 is 0 Å². The molecule has 0 saturated heterocycles. The Kier molecular flexibility index (Phi) is 1.99. The van der Waals surface area contributed by atoms with E-state index in [9.17, 15) is 0 Å². The molecule has 0 aliphatic heterocycles. The Morgan fingerprint density at radius 1 is 1.70 bits per heavy atom. The van der Waals surface area contributed by atoms with Gasteiger partial charge in [0.05, 0.1) is 18.2 Å². The summed E-state index contributed by atoms with van der Waals surface area (Å²) in [6.45, 7) is 1.96. The van der Waals surface area contributed by atoms with Gasteiger partial charge in [0, 0.05) is 6.20 Å². The molecule has 1 aromatic heterocycles. The highest BCUT2D eigenvalue weighted by molar-refractivity contribution is 5.60. The molecule has 0 radical (unpaired) electrons. The minimum absolute atomic E-state index is 0.824. The van der Waals surface area contributed by atoms with E-state index in [1.165, 1.54) is 6.34 Å². The number of aryl methyl sites for hydroxylation is 1. The van der Waals surface area contributed by atoms with Crippen LogP contribution in [0.3, 0.4) is 0 Å². The lowest BCUT2D eigenvalue weighted by Crippen LogP contribution is -1.87. The average molecular weight is 135 g/mol. The van der Waals surface area contributed by atoms with Gasteiger partial charge < -0.3 is 5.73 Å². The lowest BCUT2D eigenvalue weighted by atomic mass is 10.3. The molecule has 3 nitrogen and oxygen atoms in total. The van der Waals surface area contributed by atoms with Gasteiger partial charge in [0.15, 0.2) is 0 Å². The van der Waals surface area contributed by atoms with Crippen LogP contribution >= 0.6 is 0 Å². The Morgan fingerprint density at radius 3 is 3.10 bits per heavy atom. The fourth-order valence-corrected chi connectivity index (χ4v) is 0.671. The third-order valence-corrected chi connectivity index (χ3v) is 1.23. The summed E-state index contributed by atoms with van der Waals surface area (Å²) in [7, 11) is 0. The predicted molar refractivity (Wildman–Crippen MR) is 41.3 cm³/mol. The number of hydrogen-bond acceptors (Lipinski definition) is 2. The number of nitrogens with zero attached hydrogens (tertiary/aromatic N) is 2. The van der Waals surface area contributed by atoms with Gasteiger partial charge in [0.1, 0.15) is 0 Å². The molecule has 1 rings (SSSR count). The second-order valence-electron chi connectivity index (χ2n) is 1.94. The fraction of sp³-hybridized carbons (Fsp3) is 0.143. The number of pyridine rings is 1. The molecule has 52 valence electrons. The number of rotatable bonds is 1. The summed E-state index contributed by atoms with van der Waals surface area (Å²) in [5.41, 5.74) is 7.01.